The molecule has 0 bridgehead atoms. The third kappa shape index (κ3) is 5.10. The molecule has 0 spiro atoms. The first-order valence-electron chi connectivity index (χ1n) is 8.85. The van der Waals surface area contributed by atoms with E-state index >= 15 is 0 Å². The average molecular weight is 366 g/mol. The van der Waals surface area contributed by atoms with Crippen molar-refractivity contribution in [3.05, 3.63) is 84.2 Å². The molecule has 0 aliphatic carbocycles. The third-order valence-electron chi connectivity index (χ3n) is 4.41. The number of carboxylic acid groups (broad SMARTS) is 1. The van der Waals surface area contributed by atoms with Gasteiger partial charge in [0.05, 0.1) is 0 Å². The zero-order chi connectivity index (χ0) is 19.1. The molecule has 1 N–H and O–H groups in total. The maximum atomic E-state index is 11.6. The molecule has 6 nitrogen and oxygen atoms in total. The summed E-state index contributed by atoms with van der Waals surface area (Å²) in [6, 6.07) is 20.0. The Balaban J connectivity index is 1.64. The van der Waals surface area contributed by atoms with Crippen LogP contribution in [-0.2, 0) is 27.2 Å². The maximum Gasteiger partial charge on any atom is 0.420 e. The van der Waals surface area contributed by atoms with Crippen molar-refractivity contribution in [2.75, 3.05) is 13.1 Å². The fourth-order valence-electron chi connectivity index (χ4n) is 2.97. The minimum absolute atomic E-state index is 0.611. The maximum absolute atomic E-state index is 11.6. The van der Waals surface area contributed by atoms with Crippen molar-refractivity contribution in [1.82, 2.24) is 9.80 Å². The van der Waals surface area contributed by atoms with E-state index in [-0.39, 0.29) is 0 Å². The quantitative estimate of drug-likeness (QED) is 0.600. The van der Waals surface area contributed by atoms with Crippen LogP contribution >= 0.6 is 0 Å². The lowest BCUT2D eigenvalue weighted by Gasteiger charge is -2.31. The van der Waals surface area contributed by atoms with E-state index in [1.165, 1.54) is 0 Å². The van der Waals surface area contributed by atoms with Crippen LogP contribution in [0.1, 0.15) is 11.1 Å². The standard InChI is InChI=1S/C21H22N2O4/c24-19(25)20(26)27-21-22(13-11-17-7-3-1-4-8-17)15-16-23(21)14-12-18-9-5-2-6-10-18/h1-10,15-16,21H,11-14H2,(H,24,25). The molecule has 0 fully saturated rings. The van der Waals surface area contributed by atoms with Crippen molar-refractivity contribution in [1.29, 1.82) is 0 Å². The van der Waals surface area contributed by atoms with Crippen LogP contribution < -0.4 is 0 Å². The van der Waals surface area contributed by atoms with Crippen LogP contribution in [0.4, 0.5) is 0 Å². The smallest absolute Gasteiger partial charge is 0.420 e. The number of ether oxygens (including phenoxy) is 1. The van der Waals surface area contributed by atoms with E-state index in [1.807, 2.05) is 82.9 Å². The van der Waals surface area contributed by atoms with E-state index in [0.29, 0.717) is 13.1 Å². The van der Waals surface area contributed by atoms with Gasteiger partial charge in [-0.15, -0.1) is 0 Å². The summed E-state index contributed by atoms with van der Waals surface area (Å²) < 4.78 is 5.23. The molecule has 1 aliphatic heterocycles. The van der Waals surface area contributed by atoms with Gasteiger partial charge in [-0.2, -0.15) is 0 Å². The summed E-state index contributed by atoms with van der Waals surface area (Å²) in [6.07, 6.45) is 4.46. The highest BCUT2D eigenvalue weighted by Gasteiger charge is 2.31. The second-order valence-electron chi connectivity index (χ2n) is 6.28. The average Bonchev–Trinajstić information content (AvgIpc) is 3.07. The van der Waals surface area contributed by atoms with E-state index in [2.05, 4.69) is 0 Å². The number of benzene rings is 2. The molecule has 27 heavy (non-hydrogen) atoms. The zero-order valence-electron chi connectivity index (χ0n) is 14.9. The van der Waals surface area contributed by atoms with E-state index < -0.39 is 18.3 Å². The van der Waals surface area contributed by atoms with Crippen molar-refractivity contribution in [3.63, 3.8) is 0 Å². The number of hydrogen-bond acceptors (Lipinski definition) is 5. The molecule has 0 amide bonds. The van der Waals surface area contributed by atoms with Gasteiger partial charge in [0.2, 0.25) is 0 Å². The van der Waals surface area contributed by atoms with Crippen LogP contribution in [0.3, 0.4) is 0 Å². The Morgan fingerprint density at radius 2 is 1.26 bits per heavy atom. The first-order valence-corrected chi connectivity index (χ1v) is 8.85. The second kappa shape index (κ2) is 8.89. The predicted octanol–water partition coefficient (Wildman–Crippen LogP) is 2.47. The van der Waals surface area contributed by atoms with Crippen LogP contribution in [0.15, 0.2) is 73.1 Å². The van der Waals surface area contributed by atoms with Crippen LogP contribution in [0.25, 0.3) is 0 Å². The summed E-state index contributed by atoms with van der Waals surface area (Å²) in [5.41, 5.74) is 2.33. The van der Waals surface area contributed by atoms with Crippen molar-refractivity contribution in [2.45, 2.75) is 19.2 Å². The largest absolute Gasteiger partial charge is 0.473 e. The highest BCUT2D eigenvalue weighted by Crippen LogP contribution is 2.19. The number of esters is 1. The van der Waals surface area contributed by atoms with E-state index in [9.17, 15) is 9.59 Å². The van der Waals surface area contributed by atoms with Gasteiger partial charge < -0.3 is 19.6 Å². The molecular formula is C21H22N2O4. The molecular weight excluding hydrogens is 344 g/mol. The number of rotatable bonds is 7. The number of aliphatic carboxylic acids is 1. The Kier molecular flexibility index (Phi) is 6.10. The molecule has 6 heteroatoms. The summed E-state index contributed by atoms with van der Waals surface area (Å²) in [6.45, 7) is 1.22. The van der Waals surface area contributed by atoms with Gasteiger partial charge in [0, 0.05) is 25.5 Å². The molecule has 0 aromatic heterocycles. The van der Waals surface area contributed by atoms with Gasteiger partial charge in [0.15, 0.2) is 0 Å². The number of carboxylic acids is 1. The topological polar surface area (TPSA) is 70.1 Å². The fraction of sp³-hybridized carbons (Fsp3) is 0.238. The van der Waals surface area contributed by atoms with E-state index in [0.717, 1.165) is 24.0 Å². The SMILES string of the molecule is O=C(O)C(=O)OC1N(CCc2ccccc2)C=CN1CCc1ccccc1. The molecule has 3 rings (SSSR count). The van der Waals surface area contributed by atoms with Gasteiger partial charge in [0.25, 0.3) is 6.35 Å². The molecule has 0 saturated heterocycles. The molecule has 1 heterocycles. The van der Waals surface area contributed by atoms with Crippen molar-refractivity contribution < 1.29 is 19.4 Å². The van der Waals surface area contributed by atoms with Crippen LogP contribution in [0.2, 0.25) is 0 Å². The summed E-state index contributed by atoms with van der Waals surface area (Å²) in [7, 11) is 0. The lowest BCUT2D eigenvalue weighted by molar-refractivity contribution is -0.180. The summed E-state index contributed by atoms with van der Waals surface area (Å²) in [5.74, 6) is -2.84. The highest BCUT2D eigenvalue weighted by molar-refractivity contribution is 6.28. The highest BCUT2D eigenvalue weighted by atomic mass is 16.6. The normalized spacial score (nSPS) is 13.8. The molecule has 140 valence electrons. The Morgan fingerprint density at radius 1 is 0.815 bits per heavy atom. The molecule has 1 aliphatic rings. The van der Waals surface area contributed by atoms with Gasteiger partial charge in [0.1, 0.15) is 0 Å². The first-order chi connectivity index (χ1) is 13.1. The van der Waals surface area contributed by atoms with Gasteiger partial charge in [-0.05, 0) is 24.0 Å². The minimum atomic E-state index is -1.59. The van der Waals surface area contributed by atoms with Crippen molar-refractivity contribution in [3.8, 4) is 0 Å². The first kappa shape index (κ1) is 18.5. The summed E-state index contributed by atoms with van der Waals surface area (Å²) in [4.78, 5) is 26.3. The zero-order valence-corrected chi connectivity index (χ0v) is 14.9. The molecule has 2 aromatic carbocycles. The van der Waals surface area contributed by atoms with Crippen molar-refractivity contribution in [2.24, 2.45) is 0 Å². The Labute approximate surface area is 158 Å². The molecule has 0 atom stereocenters. The number of nitrogens with zero attached hydrogens (tertiary/aromatic N) is 2. The number of hydrogen-bond donors (Lipinski definition) is 1. The summed E-state index contributed by atoms with van der Waals surface area (Å²) in [5, 5.41) is 8.90. The third-order valence-corrected chi connectivity index (χ3v) is 4.41. The number of carbonyl (C=O) groups excluding carboxylic acids is 1. The van der Waals surface area contributed by atoms with Gasteiger partial charge in [-0.1, -0.05) is 60.7 Å². The predicted molar refractivity (Wildman–Crippen MR) is 100 cm³/mol. The molecule has 0 radical (unpaired) electrons. The van der Waals surface area contributed by atoms with E-state index in [4.69, 9.17) is 9.84 Å². The van der Waals surface area contributed by atoms with Gasteiger partial charge in [-0.3, -0.25) is 0 Å². The van der Waals surface area contributed by atoms with Crippen molar-refractivity contribution >= 4 is 11.9 Å². The lowest BCUT2D eigenvalue weighted by Crippen LogP contribution is -2.44. The fourth-order valence-corrected chi connectivity index (χ4v) is 2.97. The lowest BCUT2D eigenvalue weighted by atomic mass is 10.1. The van der Waals surface area contributed by atoms with E-state index in [1.54, 1.807) is 0 Å². The van der Waals surface area contributed by atoms with Crippen LogP contribution in [0.5, 0.6) is 0 Å². The monoisotopic (exact) mass is 366 g/mol. The Hall–Kier alpha value is -3.28. The Morgan fingerprint density at radius 3 is 1.67 bits per heavy atom. The molecule has 0 saturated carbocycles. The van der Waals surface area contributed by atoms with Crippen LogP contribution in [0, 0.1) is 0 Å². The molecule has 0 unspecified atom stereocenters. The minimum Gasteiger partial charge on any atom is -0.473 e. The number of carbonyl (C=O) groups is 2. The van der Waals surface area contributed by atoms with Crippen LogP contribution in [-0.4, -0.2) is 46.3 Å². The second-order valence-corrected chi connectivity index (χ2v) is 6.28. The van der Waals surface area contributed by atoms with Gasteiger partial charge >= 0.3 is 11.9 Å². The molecule has 2 aromatic rings. The Bertz CT molecular complexity index is 739. The van der Waals surface area contributed by atoms with Gasteiger partial charge in [-0.25, -0.2) is 9.59 Å². The summed E-state index contributed by atoms with van der Waals surface area (Å²) >= 11 is 0.